The highest BCUT2D eigenvalue weighted by molar-refractivity contribution is 7.81. The van der Waals surface area contributed by atoms with Crippen molar-refractivity contribution in [1.29, 1.82) is 0 Å². The number of carboxylic acid groups (broad SMARTS) is 2. The molecule has 1 aromatic rings. The molecule has 12 heteroatoms. The van der Waals surface area contributed by atoms with Gasteiger partial charge in [0.1, 0.15) is 6.23 Å². The summed E-state index contributed by atoms with van der Waals surface area (Å²) in [7, 11) is 0. The van der Waals surface area contributed by atoms with Crippen LogP contribution in [0.25, 0.3) is 12.2 Å². The van der Waals surface area contributed by atoms with Gasteiger partial charge in [-0.2, -0.15) is 25.3 Å². The third-order valence-electron chi connectivity index (χ3n) is 9.60. The molecule has 3 unspecified atom stereocenters. The van der Waals surface area contributed by atoms with E-state index < -0.39 is 18.2 Å². The van der Waals surface area contributed by atoms with Crippen LogP contribution in [0.3, 0.4) is 0 Å². The van der Waals surface area contributed by atoms with E-state index in [0.29, 0.717) is 25.0 Å². The molecule has 0 saturated carbocycles. The second-order valence-corrected chi connectivity index (χ2v) is 13.7. The summed E-state index contributed by atoms with van der Waals surface area (Å²) >= 11 is 8.93. The van der Waals surface area contributed by atoms with E-state index in [1.165, 1.54) is 0 Å². The Morgan fingerprint density at radius 2 is 1.67 bits per heavy atom. The maximum atomic E-state index is 12.6. The Balaban J connectivity index is 1.72. The second kappa shape index (κ2) is 14.6. The lowest BCUT2D eigenvalue weighted by atomic mass is 9.90. The van der Waals surface area contributed by atoms with Crippen LogP contribution < -0.4 is 16.0 Å². The van der Waals surface area contributed by atoms with E-state index in [1.54, 1.807) is 0 Å². The predicted molar refractivity (Wildman–Crippen MR) is 182 cm³/mol. The third kappa shape index (κ3) is 7.66. The number of rotatable bonds is 12. The Bertz CT molecular complexity index is 1460. The van der Waals surface area contributed by atoms with Crippen molar-refractivity contribution < 1.29 is 29.7 Å². The first-order chi connectivity index (χ1) is 21.2. The molecular formula is C33H46N4O6S2. The van der Waals surface area contributed by atoms with Crippen LogP contribution in [0.2, 0.25) is 0 Å². The zero-order valence-corrected chi connectivity index (χ0v) is 28.3. The molecular weight excluding hydrogens is 613 g/mol. The molecule has 1 amide bonds. The number of aromatic nitrogens is 1. The second-order valence-electron chi connectivity index (χ2n) is 12.5. The first-order valence-electron chi connectivity index (χ1n) is 15.5. The van der Waals surface area contributed by atoms with Gasteiger partial charge < -0.3 is 36.3 Å². The average molecular weight is 659 g/mol. The molecule has 45 heavy (non-hydrogen) atoms. The van der Waals surface area contributed by atoms with Gasteiger partial charge in [-0.1, -0.05) is 26.8 Å². The SMILES string of the molecule is CC1=C(CCC(=O)O)/C(=C/c2[nH]c(/C=C3\NC(O)[C@H](C)[C@H]3[C@H](C)S)c(C)c2CCC(=O)O)NC1C[C@H]1NC(=O)/C(=C\CS)C1C. The molecule has 2 fully saturated rings. The lowest BCUT2D eigenvalue weighted by Gasteiger charge is -2.21. The number of carbonyl (C=O) groups excluding carboxylic acids is 1. The van der Waals surface area contributed by atoms with Crippen molar-refractivity contribution in [2.45, 2.75) is 90.3 Å². The fourth-order valence-electron chi connectivity index (χ4n) is 6.94. The molecule has 0 bridgehead atoms. The summed E-state index contributed by atoms with van der Waals surface area (Å²) in [6, 6.07) is -0.210. The minimum Gasteiger partial charge on any atom is -0.481 e. The van der Waals surface area contributed by atoms with Crippen LogP contribution in [0.4, 0.5) is 0 Å². The van der Waals surface area contributed by atoms with Crippen molar-refractivity contribution >= 4 is 55.3 Å². The summed E-state index contributed by atoms with van der Waals surface area (Å²) in [4.78, 5) is 39.2. The lowest BCUT2D eigenvalue weighted by Crippen LogP contribution is -2.36. The Morgan fingerprint density at radius 1 is 1.00 bits per heavy atom. The van der Waals surface area contributed by atoms with Crippen molar-refractivity contribution in [3.8, 4) is 0 Å². The minimum absolute atomic E-state index is 0.000559. The molecule has 3 aliphatic heterocycles. The van der Waals surface area contributed by atoms with Crippen LogP contribution in [-0.2, 0) is 20.8 Å². The van der Waals surface area contributed by atoms with E-state index in [-0.39, 0.29) is 53.8 Å². The van der Waals surface area contributed by atoms with Gasteiger partial charge >= 0.3 is 11.9 Å². The summed E-state index contributed by atoms with van der Waals surface area (Å²) in [6.07, 6.45) is 6.26. The van der Waals surface area contributed by atoms with Crippen LogP contribution >= 0.6 is 25.3 Å². The number of hydrogen-bond acceptors (Lipinski definition) is 8. The molecule has 7 atom stereocenters. The molecule has 3 aliphatic rings. The fourth-order valence-corrected chi connectivity index (χ4v) is 7.57. The number of carbonyl (C=O) groups is 3. The number of aromatic amines is 1. The van der Waals surface area contributed by atoms with Crippen molar-refractivity contribution in [3.05, 3.63) is 56.7 Å². The van der Waals surface area contributed by atoms with E-state index in [9.17, 15) is 29.7 Å². The van der Waals surface area contributed by atoms with Crippen molar-refractivity contribution in [2.24, 2.45) is 17.8 Å². The summed E-state index contributed by atoms with van der Waals surface area (Å²) in [5.41, 5.74) is 7.62. The number of carboxylic acids is 2. The van der Waals surface area contributed by atoms with Crippen LogP contribution in [0.5, 0.6) is 0 Å². The maximum absolute atomic E-state index is 12.6. The van der Waals surface area contributed by atoms with Gasteiger partial charge in [-0.3, -0.25) is 14.4 Å². The third-order valence-corrected chi connectivity index (χ3v) is 10.1. The first kappa shape index (κ1) is 34.8. The number of aliphatic hydroxyl groups excluding tert-OH is 1. The van der Waals surface area contributed by atoms with E-state index >= 15 is 0 Å². The minimum atomic E-state index is -0.900. The molecule has 1 aromatic heterocycles. The number of aliphatic carboxylic acids is 2. The summed E-state index contributed by atoms with van der Waals surface area (Å²) < 4.78 is 0. The molecule has 10 nitrogen and oxygen atoms in total. The smallest absolute Gasteiger partial charge is 0.303 e. The van der Waals surface area contributed by atoms with E-state index in [4.69, 9.17) is 0 Å². The van der Waals surface area contributed by atoms with Crippen LogP contribution in [0.1, 0.15) is 75.9 Å². The predicted octanol–water partition coefficient (Wildman–Crippen LogP) is 4.05. The number of amides is 1. The highest BCUT2D eigenvalue weighted by Gasteiger charge is 2.39. The quantitative estimate of drug-likeness (QED) is 0.120. The number of nitrogens with one attached hydrogen (secondary N) is 4. The van der Waals surface area contributed by atoms with Crippen LogP contribution in [0, 0.1) is 24.7 Å². The van der Waals surface area contributed by atoms with E-state index in [0.717, 1.165) is 50.6 Å². The maximum Gasteiger partial charge on any atom is 0.303 e. The standard InChI is InChI=1S/C33H46N4O6S2/c1-15-20(6-8-29(38)39)26(34-23(15)12-25-17(3)22(10-11-44)33(43)36-25)14-27-21(7-9-30(40)41)16(2)24(35-27)13-28-31(19(5)45)18(4)32(42)37-28/h10,13-14,17-19,23,25,31-32,34-35,37,42,44-45H,6-9,11-12H2,1-5H3,(H,36,43)(H,38,39)(H,40,41)/b22-10-,26-14-,28-13-/t17?,18-,19+,23?,25-,31+,32?/m1/s1. The van der Waals surface area contributed by atoms with Gasteiger partial charge in [0.25, 0.3) is 0 Å². The molecule has 2 saturated heterocycles. The zero-order chi connectivity index (χ0) is 33.2. The fraction of sp³-hybridized carbons (Fsp3) is 0.545. The number of aliphatic hydroxyl groups is 1. The van der Waals surface area contributed by atoms with Gasteiger partial charge in [0.2, 0.25) is 5.91 Å². The zero-order valence-electron chi connectivity index (χ0n) is 26.5. The number of allylic oxidation sites excluding steroid dienone is 2. The molecule has 4 heterocycles. The molecule has 246 valence electrons. The number of hydrogen-bond donors (Lipinski definition) is 9. The number of thiol groups is 2. The number of H-pyrrole nitrogens is 1. The topological polar surface area (TPSA) is 164 Å². The Hall–Kier alpha value is -3.09. The van der Waals surface area contributed by atoms with Gasteiger partial charge in [0, 0.05) is 82.0 Å². The molecule has 0 spiro atoms. The summed E-state index contributed by atoms with van der Waals surface area (Å²) in [6.45, 7) is 9.96. The van der Waals surface area contributed by atoms with Gasteiger partial charge in [0.15, 0.2) is 0 Å². The first-order valence-corrected chi connectivity index (χ1v) is 16.7. The van der Waals surface area contributed by atoms with Crippen molar-refractivity contribution in [2.75, 3.05) is 5.75 Å². The van der Waals surface area contributed by atoms with Crippen molar-refractivity contribution in [3.63, 3.8) is 0 Å². The van der Waals surface area contributed by atoms with Gasteiger partial charge in [-0.25, -0.2) is 0 Å². The average Bonchev–Trinajstić information content (AvgIpc) is 3.60. The molecule has 0 aromatic carbocycles. The highest BCUT2D eigenvalue weighted by atomic mass is 32.1. The van der Waals surface area contributed by atoms with E-state index in [2.05, 4.69) is 46.2 Å². The van der Waals surface area contributed by atoms with Crippen LogP contribution in [0.15, 0.2) is 34.2 Å². The Kier molecular flexibility index (Phi) is 11.2. The molecule has 0 aliphatic carbocycles. The van der Waals surface area contributed by atoms with Gasteiger partial charge in [0.05, 0.1) is 0 Å². The van der Waals surface area contributed by atoms with Crippen molar-refractivity contribution in [1.82, 2.24) is 20.9 Å². The van der Waals surface area contributed by atoms with Gasteiger partial charge in [-0.05, 0) is 67.5 Å². The lowest BCUT2D eigenvalue weighted by molar-refractivity contribution is -0.138. The largest absolute Gasteiger partial charge is 0.481 e. The molecule has 4 rings (SSSR count). The Labute approximate surface area is 275 Å². The van der Waals surface area contributed by atoms with Crippen LogP contribution in [-0.4, -0.2) is 67.5 Å². The molecule has 0 radical (unpaired) electrons. The summed E-state index contributed by atoms with van der Waals surface area (Å²) in [5, 5.41) is 39.4. The highest BCUT2D eigenvalue weighted by Crippen LogP contribution is 2.38. The Morgan fingerprint density at radius 3 is 2.29 bits per heavy atom. The van der Waals surface area contributed by atoms with E-state index in [1.807, 2.05) is 52.8 Å². The molecule has 7 N–H and O–H groups in total. The summed E-state index contributed by atoms with van der Waals surface area (Å²) in [5.74, 6) is -1.42. The van der Waals surface area contributed by atoms with Gasteiger partial charge in [-0.15, -0.1) is 0 Å². The monoisotopic (exact) mass is 658 g/mol. The normalized spacial score (nSPS) is 29.9.